The van der Waals surface area contributed by atoms with E-state index in [0.29, 0.717) is 5.69 Å². The summed E-state index contributed by atoms with van der Waals surface area (Å²) in [7, 11) is 0. The molecule has 1 atom stereocenters. The molecule has 0 spiro atoms. The van der Waals surface area contributed by atoms with Gasteiger partial charge >= 0.3 is 5.97 Å². The molecule has 0 saturated heterocycles. The molecule has 21 heavy (non-hydrogen) atoms. The van der Waals surface area contributed by atoms with Gasteiger partial charge in [-0.15, -0.1) is 11.3 Å². The van der Waals surface area contributed by atoms with Crippen LogP contribution >= 0.6 is 11.3 Å². The Kier molecular flexibility index (Phi) is 4.52. The number of anilines is 1. The Morgan fingerprint density at radius 2 is 2.05 bits per heavy atom. The van der Waals surface area contributed by atoms with Crippen LogP contribution in [0.15, 0.2) is 18.2 Å². The van der Waals surface area contributed by atoms with Crippen LogP contribution in [0.5, 0.6) is 0 Å². The number of rotatable bonds is 3. The predicted octanol–water partition coefficient (Wildman–Crippen LogP) is 4.04. The number of carbonyl (C=O) groups is 2. The molecule has 0 aromatic carbocycles. The smallest absolute Gasteiger partial charge is 0.348 e. The number of hydrogen-bond donors (Lipinski definition) is 2. The van der Waals surface area contributed by atoms with E-state index in [-0.39, 0.29) is 22.1 Å². The highest BCUT2D eigenvalue weighted by molar-refractivity contribution is 7.14. The predicted molar refractivity (Wildman–Crippen MR) is 85.1 cm³/mol. The second-order valence-electron chi connectivity index (χ2n) is 6.38. The van der Waals surface area contributed by atoms with Crippen molar-refractivity contribution in [2.75, 3.05) is 5.32 Å². The first-order valence-corrected chi connectivity index (χ1v) is 7.94. The summed E-state index contributed by atoms with van der Waals surface area (Å²) in [4.78, 5) is 24.8. The summed E-state index contributed by atoms with van der Waals surface area (Å²) < 4.78 is 0. The summed E-state index contributed by atoms with van der Waals surface area (Å²) in [6.07, 6.45) is 6.54. The molecule has 1 aromatic rings. The molecule has 0 aliphatic heterocycles. The molecule has 1 amide bonds. The zero-order chi connectivity index (χ0) is 15.6. The van der Waals surface area contributed by atoms with E-state index >= 15 is 0 Å². The number of hydrogen-bond acceptors (Lipinski definition) is 3. The van der Waals surface area contributed by atoms with Gasteiger partial charge < -0.3 is 10.4 Å². The van der Waals surface area contributed by atoms with E-state index in [1.54, 1.807) is 6.07 Å². The van der Waals surface area contributed by atoms with Crippen LogP contribution in [-0.4, -0.2) is 17.0 Å². The molecule has 4 nitrogen and oxygen atoms in total. The Bertz CT molecular complexity index is 581. The van der Waals surface area contributed by atoms with Crippen molar-refractivity contribution in [1.82, 2.24) is 0 Å². The summed E-state index contributed by atoms with van der Waals surface area (Å²) in [6, 6.07) is 1.80. The third-order valence-corrected chi connectivity index (χ3v) is 5.11. The molecule has 0 fully saturated rings. The van der Waals surface area contributed by atoms with E-state index < -0.39 is 5.97 Å². The molecule has 5 heteroatoms. The van der Waals surface area contributed by atoms with Crippen molar-refractivity contribution in [3.05, 3.63) is 28.0 Å². The standard InChI is InChI=1S/C16H21NO3S/c1-16(2,3)12-9-11(13(21-12)15(19)20)17-14(18)10-7-5-4-6-8-10/h4-5,9-10H,6-8H2,1-3H3,(H,17,18)(H,19,20)/t10-/m1/s1. The van der Waals surface area contributed by atoms with Crippen molar-refractivity contribution in [3.8, 4) is 0 Å². The zero-order valence-corrected chi connectivity index (χ0v) is 13.4. The van der Waals surface area contributed by atoms with Crippen LogP contribution in [0, 0.1) is 5.92 Å². The summed E-state index contributed by atoms with van der Waals surface area (Å²) in [5.41, 5.74) is 0.294. The molecule has 114 valence electrons. The van der Waals surface area contributed by atoms with Gasteiger partial charge in [0.25, 0.3) is 0 Å². The van der Waals surface area contributed by atoms with Crippen LogP contribution < -0.4 is 5.32 Å². The molecule has 1 aromatic heterocycles. The minimum absolute atomic E-state index is 0.0605. The lowest BCUT2D eigenvalue weighted by Gasteiger charge is -2.17. The largest absolute Gasteiger partial charge is 0.477 e. The fourth-order valence-electron chi connectivity index (χ4n) is 2.28. The third-order valence-electron chi connectivity index (χ3n) is 3.56. The number of amides is 1. The molecule has 2 rings (SSSR count). The number of nitrogens with one attached hydrogen (secondary N) is 1. The van der Waals surface area contributed by atoms with Gasteiger partial charge in [0.15, 0.2) is 0 Å². The summed E-state index contributed by atoms with van der Waals surface area (Å²) in [6.45, 7) is 6.09. The van der Waals surface area contributed by atoms with E-state index in [1.807, 2.05) is 26.8 Å². The summed E-state index contributed by atoms with van der Waals surface area (Å²) >= 11 is 1.23. The van der Waals surface area contributed by atoms with Crippen LogP contribution in [0.25, 0.3) is 0 Å². The van der Waals surface area contributed by atoms with Crippen molar-refractivity contribution >= 4 is 28.9 Å². The Morgan fingerprint density at radius 1 is 1.33 bits per heavy atom. The third kappa shape index (κ3) is 3.73. The van der Waals surface area contributed by atoms with Crippen LogP contribution in [0.3, 0.4) is 0 Å². The molecule has 0 radical (unpaired) electrons. The molecule has 1 heterocycles. The van der Waals surface area contributed by atoms with Gasteiger partial charge in [-0.25, -0.2) is 4.79 Å². The van der Waals surface area contributed by atoms with Gasteiger partial charge in [0.05, 0.1) is 5.69 Å². The maximum Gasteiger partial charge on any atom is 0.348 e. The molecule has 1 aliphatic carbocycles. The fourth-order valence-corrected chi connectivity index (χ4v) is 3.29. The van der Waals surface area contributed by atoms with Gasteiger partial charge in [-0.05, 0) is 30.7 Å². The lowest BCUT2D eigenvalue weighted by molar-refractivity contribution is -0.120. The number of carboxylic acids is 1. The lowest BCUT2D eigenvalue weighted by atomic mass is 9.93. The van der Waals surface area contributed by atoms with Gasteiger partial charge in [0, 0.05) is 10.8 Å². The second kappa shape index (κ2) is 6.02. The highest BCUT2D eigenvalue weighted by Crippen LogP contribution is 2.36. The first-order chi connectivity index (χ1) is 9.79. The molecular formula is C16H21NO3S. The minimum atomic E-state index is -0.991. The SMILES string of the molecule is CC(C)(C)c1cc(NC(=O)[C@@H]2CC=CCC2)c(C(=O)O)s1. The molecule has 0 unspecified atom stereocenters. The first-order valence-electron chi connectivity index (χ1n) is 7.12. The quantitative estimate of drug-likeness (QED) is 0.828. The van der Waals surface area contributed by atoms with E-state index in [0.717, 1.165) is 24.1 Å². The number of allylic oxidation sites excluding steroid dienone is 2. The number of carboxylic acid groups (broad SMARTS) is 1. The Labute approximate surface area is 128 Å². The van der Waals surface area contributed by atoms with Crippen molar-refractivity contribution in [1.29, 1.82) is 0 Å². The Morgan fingerprint density at radius 3 is 2.57 bits per heavy atom. The minimum Gasteiger partial charge on any atom is -0.477 e. The normalized spacial score (nSPS) is 18.5. The highest BCUT2D eigenvalue weighted by atomic mass is 32.1. The van der Waals surface area contributed by atoms with Crippen LogP contribution in [0.4, 0.5) is 5.69 Å². The van der Waals surface area contributed by atoms with Gasteiger partial charge in [-0.3, -0.25) is 4.79 Å². The molecule has 0 bridgehead atoms. The summed E-state index contributed by atoms with van der Waals surface area (Å²) in [5.74, 6) is -1.14. The van der Waals surface area contributed by atoms with E-state index in [4.69, 9.17) is 0 Å². The molecule has 0 saturated carbocycles. The topological polar surface area (TPSA) is 66.4 Å². The van der Waals surface area contributed by atoms with Gasteiger partial charge in [0.1, 0.15) is 4.88 Å². The van der Waals surface area contributed by atoms with E-state index in [2.05, 4.69) is 11.4 Å². The average Bonchev–Trinajstić information content (AvgIpc) is 2.84. The Balaban J connectivity index is 2.22. The Hall–Kier alpha value is -1.62. The van der Waals surface area contributed by atoms with Gasteiger partial charge in [0.2, 0.25) is 5.91 Å². The number of aromatic carboxylic acids is 1. The van der Waals surface area contributed by atoms with Gasteiger partial charge in [-0.1, -0.05) is 32.9 Å². The van der Waals surface area contributed by atoms with E-state index in [9.17, 15) is 14.7 Å². The number of carbonyl (C=O) groups excluding carboxylic acids is 1. The summed E-state index contributed by atoms with van der Waals surface area (Å²) in [5, 5.41) is 12.1. The molecule has 2 N–H and O–H groups in total. The van der Waals surface area contributed by atoms with Crippen LogP contribution in [0.1, 0.15) is 54.6 Å². The highest BCUT2D eigenvalue weighted by Gasteiger charge is 2.25. The molecule has 1 aliphatic rings. The van der Waals surface area contributed by atoms with Crippen molar-refractivity contribution < 1.29 is 14.7 Å². The van der Waals surface area contributed by atoms with Gasteiger partial charge in [-0.2, -0.15) is 0 Å². The molecular weight excluding hydrogens is 286 g/mol. The first kappa shape index (κ1) is 15.8. The lowest BCUT2D eigenvalue weighted by Crippen LogP contribution is -2.24. The zero-order valence-electron chi connectivity index (χ0n) is 12.6. The van der Waals surface area contributed by atoms with Crippen LogP contribution in [0.2, 0.25) is 0 Å². The van der Waals surface area contributed by atoms with Crippen LogP contribution in [-0.2, 0) is 10.2 Å². The second-order valence-corrected chi connectivity index (χ2v) is 7.43. The van der Waals surface area contributed by atoms with Crippen molar-refractivity contribution in [2.45, 2.75) is 45.4 Å². The number of thiophene rings is 1. The van der Waals surface area contributed by atoms with Crippen molar-refractivity contribution in [2.24, 2.45) is 5.92 Å². The van der Waals surface area contributed by atoms with Crippen molar-refractivity contribution in [3.63, 3.8) is 0 Å². The average molecular weight is 307 g/mol. The maximum atomic E-state index is 12.3. The maximum absolute atomic E-state index is 12.3. The van der Waals surface area contributed by atoms with E-state index in [1.165, 1.54) is 11.3 Å². The monoisotopic (exact) mass is 307 g/mol. The fraction of sp³-hybridized carbons (Fsp3) is 0.500.